The van der Waals surface area contributed by atoms with E-state index in [2.05, 4.69) is 10.3 Å². The van der Waals surface area contributed by atoms with Crippen LogP contribution in [-0.4, -0.2) is 50.3 Å². The van der Waals surface area contributed by atoms with Crippen LogP contribution >= 0.6 is 0 Å². The van der Waals surface area contributed by atoms with Gasteiger partial charge >= 0.3 is 0 Å². The van der Waals surface area contributed by atoms with E-state index in [-0.39, 0.29) is 11.6 Å². The highest BCUT2D eigenvalue weighted by molar-refractivity contribution is 5.44. The summed E-state index contributed by atoms with van der Waals surface area (Å²) < 4.78 is 31.1. The molecule has 0 saturated carbocycles. The molecule has 0 atom stereocenters. The second-order valence-electron chi connectivity index (χ2n) is 3.91. The van der Waals surface area contributed by atoms with Crippen LogP contribution in [0.5, 0.6) is 0 Å². The Labute approximate surface area is 105 Å². The molecule has 0 aliphatic carbocycles. The van der Waals surface area contributed by atoms with Crippen LogP contribution in [0, 0.1) is 11.6 Å². The van der Waals surface area contributed by atoms with E-state index in [1.165, 1.54) is 0 Å². The highest BCUT2D eigenvalue weighted by Crippen LogP contribution is 2.16. The largest absolute Gasteiger partial charge is 0.383 e. The lowest BCUT2D eigenvalue weighted by molar-refractivity contribution is 0.163. The van der Waals surface area contributed by atoms with Gasteiger partial charge in [0.1, 0.15) is 0 Å². The summed E-state index contributed by atoms with van der Waals surface area (Å²) in [6.45, 7) is 2.57. The first kappa shape index (κ1) is 14.6. The van der Waals surface area contributed by atoms with Crippen LogP contribution in [0.4, 0.5) is 20.4 Å². The van der Waals surface area contributed by atoms with Crippen molar-refractivity contribution in [3.63, 3.8) is 0 Å². The lowest BCUT2D eigenvalue weighted by atomic mass is 10.4. The zero-order valence-corrected chi connectivity index (χ0v) is 10.5. The number of rotatable bonds is 7. The first-order chi connectivity index (χ1) is 8.54. The maximum absolute atomic E-state index is 13.3. The Morgan fingerprint density at radius 3 is 2.78 bits per heavy atom. The lowest BCUT2D eigenvalue weighted by Crippen LogP contribution is -2.28. The molecule has 0 aliphatic rings. The van der Waals surface area contributed by atoms with Crippen LogP contribution in [-0.2, 0) is 4.74 Å². The average Bonchev–Trinajstić information content (AvgIpc) is 2.33. The monoisotopic (exact) mass is 260 g/mol. The van der Waals surface area contributed by atoms with Gasteiger partial charge in [0.05, 0.1) is 6.61 Å². The molecule has 3 N–H and O–H groups in total. The number of hydrogen-bond donors (Lipinski definition) is 2. The fraction of sp³-hybridized carbons (Fsp3) is 0.545. The summed E-state index contributed by atoms with van der Waals surface area (Å²) in [5.74, 6) is -1.95. The predicted octanol–water partition coefficient (Wildman–Crippen LogP) is 0.932. The fourth-order valence-corrected chi connectivity index (χ4v) is 1.33. The van der Waals surface area contributed by atoms with Crippen LogP contribution in [0.2, 0.25) is 0 Å². The summed E-state index contributed by atoms with van der Waals surface area (Å²) in [6, 6.07) is 0.722. The Balaban J connectivity index is 2.42. The molecule has 102 valence electrons. The van der Waals surface area contributed by atoms with Crippen molar-refractivity contribution in [1.29, 1.82) is 0 Å². The summed E-state index contributed by atoms with van der Waals surface area (Å²) in [6.07, 6.45) is 0. The van der Waals surface area contributed by atoms with E-state index in [0.717, 1.165) is 12.6 Å². The van der Waals surface area contributed by atoms with Crippen LogP contribution in [0.25, 0.3) is 0 Å². The van der Waals surface area contributed by atoms with Crippen molar-refractivity contribution in [3.8, 4) is 0 Å². The van der Waals surface area contributed by atoms with Crippen LogP contribution in [0.15, 0.2) is 6.07 Å². The standard InChI is InChI=1S/C11H18F2N4O/c1-17(5-6-18-2)4-3-15-11-9(13)7-8(12)10(14)16-11/h7H,3-6H2,1-2H3,(H3,14,15,16). The van der Waals surface area contributed by atoms with Gasteiger partial charge in [-0.2, -0.15) is 0 Å². The number of aromatic nitrogens is 1. The summed E-state index contributed by atoms with van der Waals surface area (Å²) in [5, 5.41) is 2.77. The maximum atomic E-state index is 13.3. The van der Waals surface area contributed by atoms with E-state index in [4.69, 9.17) is 10.5 Å². The minimum Gasteiger partial charge on any atom is -0.383 e. The fourth-order valence-electron chi connectivity index (χ4n) is 1.33. The Hall–Kier alpha value is -1.47. The van der Waals surface area contributed by atoms with E-state index in [1.807, 2.05) is 11.9 Å². The van der Waals surface area contributed by atoms with E-state index >= 15 is 0 Å². The molecule has 0 unspecified atom stereocenters. The summed E-state index contributed by atoms with van der Waals surface area (Å²) in [5.41, 5.74) is 5.27. The van der Waals surface area contributed by atoms with Gasteiger partial charge in [0.25, 0.3) is 0 Å². The molecule has 7 heteroatoms. The number of nitrogens with zero attached hydrogens (tertiary/aromatic N) is 2. The average molecular weight is 260 g/mol. The number of anilines is 2. The quantitative estimate of drug-likeness (QED) is 0.763. The third-order valence-electron chi connectivity index (χ3n) is 2.42. The summed E-state index contributed by atoms with van der Waals surface area (Å²) in [7, 11) is 3.55. The van der Waals surface area contributed by atoms with Crippen LogP contribution < -0.4 is 11.1 Å². The van der Waals surface area contributed by atoms with Gasteiger partial charge in [0.15, 0.2) is 23.3 Å². The highest BCUT2D eigenvalue weighted by Gasteiger charge is 2.09. The molecule has 0 aromatic carbocycles. The number of halogens is 2. The number of nitrogens with one attached hydrogen (secondary N) is 1. The molecule has 0 fully saturated rings. The third-order valence-corrected chi connectivity index (χ3v) is 2.42. The second-order valence-corrected chi connectivity index (χ2v) is 3.91. The molecule has 0 amide bonds. The number of nitrogen functional groups attached to an aromatic ring is 1. The Morgan fingerprint density at radius 2 is 2.11 bits per heavy atom. The Kier molecular flexibility index (Phi) is 5.73. The van der Waals surface area contributed by atoms with Gasteiger partial charge in [-0.25, -0.2) is 13.8 Å². The topological polar surface area (TPSA) is 63.4 Å². The van der Waals surface area contributed by atoms with Crippen LogP contribution in [0.3, 0.4) is 0 Å². The lowest BCUT2D eigenvalue weighted by Gasteiger charge is -2.16. The molecule has 0 aliphatic heterocycles. The Morgan fingerprint density at radius 1 is 1.39 bits per heavy atom. The predicted molar refractivity (Wildman–Crippen MR) is 66.4 cm³/mol. The van der Waals surface area contributed by atoms with Gasteiger partial charge in [-0.1, -0.05) is 0 Å². The molecule has 0 saturated heterocycles. The van der Waals surface area contributed by atoms with Crippen molar-refractivity contribution >= 4 is 11.6 Å². The molecule has 0 bridgehead atoms. The number of nitrogens with two attached hydrogens (primary N) is 1. The zero-order valence-electron chi connectivity index (χ0n) is 10.5. The number of methoxy groups -OCH3 is 1. The van der Waals surface area contributed by atoms with Gasteiger partial charge in [0, 0.05) is 32.8 Å². The van der Waals surface area contributed by atoms with E-state index in [1.54, 1.807) is 7.11 Å². The van der Waals surface area contributed by atoms with Crippen molar-refractivity contribution in [3.05, 3.63) is 17.7 Å². The van der Waals surface area contributed by atoms with Crippen molar-refractivity contribution in [2.24, 2.45) is 0 Å². The molecule has 18 heavy (non-hydrogen) atoms. The van der Waals surface area contributed by atoms with E-state index in [9.17, 15) is 8.78 Å². The van der Waals surface area contributed by atoms with Gasteiger partial charge < -0.3 is 20.7 Å². The van der Waals surface area contributed by atoms with Crippen molar-refractivity contribution < 1.29 is 13.5 Å². The summed E-state index contributed by atoms with van der Waals surface area (Å²) in [4.78, 5) is 5.62. The molecule has 1 aromatic rings. The molecule has 5 nitrogen and oxygen atoms in total. The summed E-state index contributed by atoms with van der Waals surface area (Å²) >= 11 is 0. The molecule has 1 heterocycles. The molecule has 0 radical (unpaired) electrons. The number of likely N-dealkylation sites (N-methyl/N-ethyl adjacent to an activating group) is 1. The third kappa shape index (κ3) is 4.42. The van der Waals surface area contributed by atoms with E-state index in [0.29, 0.717) is 19.7 Å². The van der Waals surface area contributed by atoms with Crippen LogP contribution in [0.1, 0.15) is 0 Å². The normalized spacial score (nSPS) is 10.9. The number of hydrogen-bond acceptors (Lipinski definition) is 5. The Bertz CT molecular complexity index is 390. The molecular weight excluding hydrogens is 242 g/mol. The van der Waals surface area contributed by atoms with Gasteiger partial charge in [0.2, 0.25) is 0 Å². The maximum Gasteiger partial charge on any atom is 0.168 e. The molecule has 0 spiro atoms. The zero-order chi connectivity index (χ0) is 13.5. The SMILES string of the molecule is COCCN(C)CCNc1nc(N)c(F)cc1F. The van der Waals surface area contributed by atoms with Crippen molar-refractivity contribution in [1.82, 2.24) is 9.88 Å². The number of ether oxygens (including phenoxy) is 1. The van der Waals surface area contributed by atoms with Gasteiger partial charge in [-0.15, -0.1) is 0 Å². The van der Waals surface area contributed by atoms with E-state index < -0.39 is 11.6 Å². The second kappa shape index (κ2) is 7.07. The van der Waals surface area contributed by atoms with Crippen molar-refractivity contribution in [2.45, 2.75) is 0 Å². The van der Waals surface area contributed by atoms with Crippen molar-refractivity contribution in [2.75, 3.05) is 51.4 Å². The molecular formula is C11H18F2N4O. The minimum atomic E-state index is -0.852. The first-order valence-electron chi connectivity index (χ1n) is 5.57. The van der Waals surface area contributed by atoms with Gasteiger partial charge in [-0.3, -0.25) is 0 Å². The molecule has 1 aromatic heterocycles. The molecule has 1 rings (SSSR count). The smallest absolute Gasteiger partial charge is 0.168 e. The minimum absolute atomic E-state index is 0.0333. The highest BCUT2D eigenvalue weighted by atomic mass is 19.1. The first-order valence-corrected chi connectivity index (χ1v) is 5.57. The van der Waals surface area contributed by atoms with Gasteiger partial charge in [-0.05, 0) is 7.05 Å². The number of pyridine rings is 1.